The fraction of sp³-hybridized carbons (Fsp3) is 0.923. The van der Waals surface area contributed by atoms with Gasteiger partial charge in [0.25, 0.3) is 0 Å². The SMILES string of the molecule is CC(C(=O)N1CCCCC1)N(C)CCOCCN. The maximum Gasteiger partial charge on any atom is 0.239 e. The van der Waals surface area contributed by atoms with Crippen molar-refractivity contribution in [1.29, 1.82) is 0 Å². The van der Waals surface area contributed by atoms with Crippen LogP contribution in [0.15, 0.2) is 0 Å². The molecule has 1 aliphatic rings. The number of carbonyl (C=O) groups excluding carboxylic acids is 1. The van der Waals surface area contributed by atoms with E-state index in [1.807, 2.05) is 23.8 Å². The summed E-state index contributed by atoms with van der Waals surface area (Å²) in [6.07, 6.45) is 3.53. The molecule has 1 heterocycles. The normalized spacial score (nSPS) is 18.1. The summed E-state index contributed by atoms with van der Waals surface area (Å²) in [4.78, 5) is 16.3. The molecule has 1 atom stereocenters. The minimum absolute atomic E-state index is 0.0652. The number of nitrogens with two attached hydrogens (primary N) is 1. The van der Waals surface area contributed by atoms with Gasteiger partial charge in [-0.15, -0.1) is 0 Å². The van der Waals surface area contributed by atoms with Crippen LogP contribution in [-0.2, 0) is 9.53 Å². The lowest BCUT2D eigenvalue weighted by Crippen LogP contribution is -2.48. The zero-order valence-electron chi connectivity index (χ0n) is 11.7. The van der Waals surface area contributed by atoms with Crippen molar-refractivity contribution in [3.05, 3.63) is 0 Å². The Morgan fingerprint density at radius 2 is 2.00 bits per heavy atom. The number of likely N-dealkylation sites (tertiary alicyclic amines) is 1. The van der Waals surface area contributed by atoms with Crippen molar-refractivity contribution in [2.75, 3.05) is 46.4 Å². The smallest absolute Gasteiger partial charge is 0.239 e. The number of piperidine rings is 1. The second kappa shape index (κ2) is 8.45. The van der Waals surface area contributed by atoms with Crippen LogP contribution in [0.1, 0.15) is 26.2 Å². The van der Waals surface area contributed by atoms with Gasteiger partial charge < -0.3 is 15.4 Å². The van der Waals surface area contributed by atoms with Gasteiger partial charge in [0.15, 0.2) is 0 Å². The van der Waals surface area contributed by atoms with Crippen LogP contribution in [0.2, 0.25) is 0 Å². The lowest BCUT2D eigenvalue weighted by molar-refractivity contribution is -0.137. The topological polar surface area (TPSA) is 58.8 Å². The van der Waals surface area contributed by atoms with Gasteiger partial charge in [0.05, 0.1) is 19.3 Å². The van der Waals surface area contributed by atoms with Gasteiger partial charge >= 0.3 is 0 Å². The molecule has 0 aliphatic carbocycles. The molecular formula is C13H27N3O2. The van der Waals surface area contributed by atoms with E-state index in [4.69, 9.17) is 10.5 Å². The second-order valence-electron chi connectivity index (χ2n) is 4.94. The maximum atomic E-state index is 12.3. The fourth-order valence-electron chi connectivity index (χ4n) is 2.15. The van der Waals surface area contributed by atoms with Crippen LogP contribution in [0.25, 0.3) is 0 Å². The van der Waals surface area contributed by atoms with Crippen LogP contribution in [0.3, 0.4) is 0 Å². The second-order valence-corrected chi connectivity index (χ2v) is 4.94. The number of carbonyl (C=O) groups is 1. The first-order valence-corrected chi connectivity index (χ1v) is 6.93. The molecule has 0 bridgehead atoms. The molecule has 1 rings (SSSR count). The molecule has 1 saturated heterocycles. The molecule has 2 N–H and O–H groups in total. The number of hydrogen-bond donors (Lipinski definition) is 1. The van der Waals surface area contributed by atoms with Crippen LogP contribution in [0, 0.1) is 0 Å². The summed E-state index contributed by atoms with van der Waals surface area (Å²) < 4.78 is 5.34. The van der Waals surface area contributed by atoms with Crippen molar-refractivity contribution < 1.29 is 9.53 Å². The molecule has 18 heavy (non-hydrogen) atoms. The summed E-state index contributed by atoms with van der Waals surface area (Å²) in [5.74, 6) is 0.246. The molecule has 5 nitrogen and oxygen atoms in total. The predicted octanol–water partition coefficient (Wildman–Crippen LogP) is 0.295. The van der Waals surface area contributed by atoms with Gasteiger partial charge in [0.1, 0.15) is 0 Å². The van der Waals surface area contributed by atoms with Gasteiger partial charge in [-0.1, -0.05) is 0 Å². The summed E-state index contributed by atoms with van der Waals surface area (Å²) in [7, 11) is 1.97. The average Bonchev–Trinajstić information content (AvgIpc) is 2.42. The quantitative estimate of drug-likeness (QED) is 0.666. The molecule has 0 saturated carbocycles. The van der Waals surface area contributed by atoms with E-state index >= 15 is 0 Å². The molecule has 0 aromatic heterocycles. The molecule has 0 radical (unpaired) electrons. The summed E-state index contributed by atoms with van der Waals surface area (Å²) in [5, 5.41) is 0. The van der Waals surface area contributed by atoms with Crippen molar-refractivity contribution in [1.82, 2.24) is 9.80 Å². The molecule has 0 spiro atoms. The Bertz CT molecular complexity index is 242. The number of nitrogens with zero attached hydrogens (tertiary/aromatic N) is 2. The first-order valence-electron chi connectivity index (χ1n) is 6.93. The third kappa shape index (κ3) is 4.92. The van der Waals surface area contributed by atoms with E-state index < -0.39 is 0 Å². The Morgan fingerprint density at radius 3 is 2.61 bits per heavy atom. The van der Waals surface area contributed by atoms with Gasteiger partial charge in [-0.25, -0.2) is 0 Å². The van der Waals surface area contributed by atoms with Crippen LogP contribution >= 0.6 is 0 Å². The fourth-order valence-corrected chi connectivity index (χ4v) is 2.15. The Labute approximate surface area is 110 Å². The highest BCUT2D eigenvalue weighted by Crippen LogP contribution is 2.11. The van der Waals surface area contributed by atoms with E-state index in [1.165, 1.54) is 6.42 Å². The van der Waals surface area contributed by atoms with Crippen molar-refractivity contribution in [2.45, 2.75) is 32.2 Å². The first kappa shape index (κ1) is 15.4. The standard InChI is InChI=1S/C13H27N3O2/c1-12(15(2)9-11-18-10-6-14)13(17)16-7-4-3-5-8-16/h12H,3-11,14H2,1-2H3. The van der Waals surface area contributed by atoms with Gasteiger partial charge in [-0.05, 0) is 33.2 Å². The molecule has 1 unspecified atom stereocenters. The zero-order chi connectivity index (χ0) is 13.4. The third-order valence-corrected chi connectivity index (χ3v) is 3.54. The van der Waals surface area contributed by atoms with Crippen molar-refractivity contribution in [2.24, 2.45) is 5.73 Å². The summed E-state index contributed by atoms with van der Waals surface area (Å²) in [5.41, 5.74) is 5.35. The lowest BCUT2D eigenvalue weighted by Gasteiger charge is -2.32. The number of rotatable bonds is 7. The molecule has 0 aromatic rings. The summed E-state index contributed by atoms with van der Waals surface area (Å²) in [6.45, 7) is 6.33. The minimum atomic E-state index is -0.0652. The molecule has 1 amide bonds. The minimum Gasteiger partial charge on any atom is -0.379 e. The maximum absolute atomic E-state index is 12.3. The number of amides is 1. The van der Waals surface area contributed by atoms with Crippen LogP contribution < -0.4 is 5.73 Å². The average molecular weight is 257 g/mol. The predicted molar refractivity (Wildman–Crippen MR) is 72.4 cm³/mol. The Balaban J connectivity index is 2.27. The van der Waals surface area contributed by atoms with Gasteiger partial charge in [-0.3, -0.25) is 9.69 Å². The summed E-state index contributed by atoms with van der Waals surface area (Å²) >= 11 is 0. The summed E-state index contributed by atoms with van der Waals surface area (Å²) in [6, 6.07) is -0.0652. The van der Waals surface area contributed by atoms with Crippen LogP contribution in [-0.4, -0.2) is 68.2 Å². The molecule has 1 fully saturated rings. The van der Waals surface area contributed by atoms with E-state index in [-0.39, 0.29) is 11.9 Å². The molecule has 106 valence electrons. The van der Waals surface area contributed by atoms with Gasteiger partial charge in [0, 0.05) is 26.2 Å². The highest BCUT2D eigenvalue weighted by atomic mass is 16.5. The Kier molecular flexibility index (Phi) is 7.23. The highest BCUT2D eigenvalue weighted by molar-refractivity contribution is 5.81. The van der Waals surface area contributed by atoms with E-state index in [1.54, 1.807) is 0 Å². The monoisotopic (exact) mass is 257 g/mol. The highest BCUT2D eigenvalue weighted by Gasteiger charge is 2.24. The largest absolute Gasteiger partial charge is 0.379 e. The van der Waals surface area contributed by atoms with E-state index in [2.05, 4.69) is 0 Å². The molecule has 0 aromatic carbocycles. The van der Waals surface area contributed by atoms with Gasteiger partial charge in [0.2, 0.25) is 5.91 Å². The lowest BCUT2D eigenvalue weighted by atomic mass is 10.1. The Hall–Kier alpha value is -0.650. The molecule has 5 heteroatoms. The first-order chi connectivity index (χ1) is 8.66. The molecule has 1 aliphatic heterocycles. The van der Waals surface area contributed by atoms with Crippen molar-refractivity contribution in [3.8, 4) is 0 Å². The van der Waals surface area contributed by atoms with Crippen LogP contribution in [0.5, 0.6) is 0 Å². The number of hydrogen-bond acceptors (Lipinski definition) is 4. The number of likely N-dealkylation sites (N-methyl/N-ethyl adjacent to an activating group) is 1. The van der Waals surface area contributed by atoms with Crippen molar-refractivity contribution >= 4 is 5.91 Å². The van der Waals surface area contributed by atoms with E-state index in [0.29, 0.717) is 19.8 Å². The van der Waals surface area contributed by atoms with E-state index in [9.17, 15) is 4.79 Å². The van der Waals surface area contributed by atoms with E-state index in [0.717, 1.165) is 32.5 Å². The van der Waals surface area contributed by atoms with Crippen LogP contribution in [0.4, 0.5) is 0 Å². The van der Waals surface area contributed by atoms with Gasteiger partial charge in [-0.2, -0.15) is 0 Å². The van der Waals surface area contributed by atoms with Crippen molar-refractivity contribution in [3.63, 3.8) is 0 Å². The Morgan fingerprint density at radius 1 is 1.33 bits per heavy atom. The third-order valence-electron chi connectivity index (χ3n) is 3.54. The number of ether oxygens (including phenoxy) is 1. The molecular weight excluding hydrogens is 230 g/mol. The zero-order valence-corrected chi connectivity index (χ0v) is 11.7.